The van der Waals surface area contributed by atoms with Gasteiger partial charge in [0.25, 0.3) is 0 Å². The number of hydrogen-bond donors (Lipinski definition) is 2. The Hall–Kier alpha value is -2.21. The molecule has 2 saturated heterocycles. The number of piperidine rings is 1. The molecule has 4 rings (SSSR count). The van der Waals surface area contributed by atoms with Gasteiger partial charge in [0.05, 0.1) is 30.4 Å². The summed E-state index contributed by atoms with van der Waals surface area (Å²) in [5.74, 6) is -0.861. The summed E-state index contributed by atoms with van der Waals surface area (Å²) < 4.78 is 105. The summed E-state index contributed by atoms with van der Waals surface area (Å²) in [5.41, 5.74) is -2.18. The van der Waals surface area contributed by atoms with E-state index in [0.29, 0.717) is 44.5 Å². The maximum Gasteiger partial charge on any atom is 0.416 e. The highest BCUT2D eigenvalue weighted by Gasteiger charge is 2.42. The Bertz CT molecular complexity index is 1010. The summed E-state index contributed by atoms with van der Waals surface area (Å²) in [6.45, 7) is 0.763. The van der Waals surface area contributed by atoms with Gasteiger partial charge in [-0.05, 0) is 79.6 Å². The number of benzene rings is 2. The smallest absolute Gasteiger partial charge is 0.393 e. The lowest BCUT2D eigenvalue weighted by Crippen LogP contribution is -2.51. The van der Waals surface area contributed by atoms with Gasteiger partial charge in [0.2, 0.25) is 0 Å². The topological polar surface area (TPSA) is 50.7 Å². The second-order valence-corrected chi connectivity index (χ2v) is 9.54. The number of hydrogen-bond acceptors (Lipinski definition) is 4. The molecule has 2 aliphatic heterocycles. The minimum atomic E-state index is -4.93. The van der Waals surface area contributed by atoms with Crippen molar-refractivity contribution < 1.29 is 45.3 Å². The van der Waals surface area contributed by atoms with Crippen molar-refractivity contribution in [2.75, 3.05) is 19.8 Å². The van der Waals surface area contributed by atoms with E-state index in [1.165, 1.54) is 12.1 Å². The molecule has 0 aliphatic carbocycles. The molecule has 2 aromatic carbocycles. The van der Waals surface area contributed by atoms with E-state index in [-0.39, 0.29) is 42.5 Å². The van der Waals surface area contributed by atoms with Crippen molar-refractivity contribution in [2.24, 2.45) is 5.92 Å². The quantitative estimate of drug-likeness (QED) is 0.468. The standard InChI is InChI=1S/C26H28F7NO3/c27-19-3-1-16(2-4-19)23-21(22-14-20(35)5-8-34-22)7-10-37-24(23)36-9-6-15-11-17(25(28,29)30)13-18(12-15)26(31,32)33/h1-4,11-13,20-24,34-35H,5-10,14H2/t20?,21?,22?,23-,24+/m0/s1. The number of aliphatic hydroxyl groups excluding tert-OH is 1. The van der Waals surface area contributed by atoms with Gasteiger partial charge in [0.15, 0.2) is 6.29 Å². The Balaban J connectivity index is 1.53. The van der Waals surface area contributed by atoms with Crippen LogP contribution < -0.4 is 5.32 Å². The summed E-state index contributed by atoms with van der Waals surface area (Å²) in [6, 6.07) is 7.24. The van der Waals surface area contributed by atoms with Crippen LogP contribution in [-0.2, 0) is 28.2 Å². The molecule has 11 heteroatoms. The highest BCUT2D eigenvalue weighted by molar-refractivity contribution is 5.34. The molecular formula is C26H28F7NO3. The predicted octanol–water partition coefficient (Wildman–Crippen LogP) is 5.68. The zero-order valence-corrected chi connectivity index (χ0v) is 19.8. The Morgan fingerprint density at radius 1 is 0.946 bits per heavy atom. The first-order valence-electron chi connectivity index (χ1n) is 12.1. The molecule has 37 heavy (non-hydrogen) atoms. The van der Waals surface area contributed by atoms with Crippen molar-refractivity contribution in [3.05, 3.63) is 70.5 Å². The largest absolute Gasteiger partial charge is 0.416 e. The van der Waals surface area contributed by atoms with Gasteiger partial charge in [-0.15, -0.1) is 0 Å². The fraction of sp³-hybridized carbons (Fsp3) is 0.538. The molecule has 204 valence electrons. The van der Waals surface area contributed by atoms with E-state index in [2.05, 4.69) is 5.32 Å². The molecular weight excluding hydrogens is 507 g/mol. The first kappa shape index (κ1) is 27.8. The Morgan fingerprint density at radius 3 is 2.19 bits per heavy atom. The summed E-state index contributed by atoms with van der Waals surface area (Å²) >= 11 is 0. The maximum absolute atomic E-state index is 13.6. The third kappa shape index (κ3) is 7.01. The van der Waals surface area contributed by atoms with Crippen molar-refractivity contribution in [1.29, 1.82) is 0 Å². The molecule has 0 saturated carbocycles. The lowest BCUT2D eigenvalue weighted by molar-refractivity contribution is -0.191. The second kappa shape index (κ2) is 11.3. The molecule has 3 unspecified atom stereocenters. The third-order valence-corrected chi connectivity index (χ3v) is 6.99. The van der Waals surface area contributed by atoms with Crippen molar-refractivity contribution in [2.45, 2.75) is 62.4 Å². The molecule has 5 atom stereocenters. The number of nitrogens with one attached hydrogen (secondary N) is 1. The van der Waals surface area contributed by atoms with Gasteiger partial charge in [-0.2, -0.15) is 26.3 Å². The number of rotatable bonds is 6. The first-order chi connectivity index (χ1) is 17.4. The van der Waals surface area contributed by atoms with Crippen LogP contribution in [-0.4, -0.2) is 43.3 Å². The zero-order valence-electron chi connectivity index (χ0n) is 19.8. The van der Waals surface area contributed by atoms with E-state index in [4.69, 9.17) is 9.47 Å². The Morgan fingerprint density at radius 2 is 1.59 bits per heavy atom. The van der Waals surface area contributed by atoms with Crippen LogP contribution in [0.5, 0.6) is 0 Å². The normalized spacial score (nSPS) is 27.3. The minimum Gasteiger partial charge on any atom is -0.393 e. The van der Waals surface area contributed by atoms with Crippen molar-refractivity contribution in [1.82, 2.24) is 5.32 Å². The molecule has 2 aliphatic rings. The molecule has 2 N–H and O–H groups in total. The van der Waals surface area contributed by atoms with Crippen LogP contribution in [0, 0.1) is 11.7 Å². The summed E-state index contributed by atoms with van der Waals surface area (Å²) in [5, 5.41) is 13.6. The summed E-state index contributed by atoms with van der Waals surface area (Å²) in [7, 11) is 0. The zero-order chi connectivity index (χ0) is 26.8. The number of aliphatic hydroxyl groups is 1. The van der Waals surface area contributed by atoms with Crippen LogP contribution in [0.1, 0.15) is 47.4 Å². The lowest BCUT2D eigenvalue weighted by atomic mass is 9.75. The number of ether oxygens (including phenoxy) is 2. The van der Waals surface area contributed by atoms with Gasteiger partial charge in [0.1, 0.15) is 5.82 Å². The van der Waals surface area contributed by atoms with Crippen molar-refractivity contribution in [3.63, 3.8) is 0 Å². The molecule has 0 radical (unpaired) electrons. The predicted molar refractivity (Wildman–Crippen MR) is 120 cm³/mol. The van der Waals surface area contributed by atoms with Crippen LogP contribution in [0.2, 0.25) is 0 Å². The maximum atomic E-state index is 13.6. The Labute approximate surface area is 209 Å². The fourth-order valence-electron chi connectivity index (χ4n) is 5.21. The fourth-order valence-corrected chi connectivity index (χ4v) is 5.21. The summed E-state index contributed by atoms with van der Waals surface area (Å²) in [6.07, 6.45) is -9.60. The monoisotopic (exact) mass is 535 g/mol. The van der Waals surface area contributed by atoms with E-state index >= 15 is 0 Å². The van der Waals surface area contributed by atoms with E-state index in [0.717, 1.165) is 5.56 Å². The van der Waals surface area contributed by atoms with Crippen LogP contribution in [0.3, 0.4) is 0 Å². The van der Waals surface area contributed by atoms with E-state index in [1.807, 2.05) is 0 Å². The van der Waals surface area contributed by atoms with Crippen LogP contribution in [0.4, 0.5) is 30.7 Å². The molecule has 0 aromatic heterocycles. The van der Waals surface area contributed by atoms with Crippen molar-refractivity contribution in [3.8, 4) is 0 Å². The number of halogens is 7. The van der Waals surface area contributed by atoms with E-state index in [9.17, 15) is 35.8 Å². The lowest BCUT2D eigenvalue weighted by Gasteiger charge is -2.44. The minimum absolute atomic E-state index is 0.0513. The summed E-state index contributed by atoms with van der Waals surface area (Å²) in [4.78, 5) is 0. The molecule has 0 bridgehead atoms. The molecule has 4 nitrogen and oxygen atoms in total. The Kier molecular flexibility index (Phi) is 8.47. The van der Waals surface area contributed by atoms with Crippen LogP contribution >= 0.6 is 0 Å². The van der Waals surface area contributed by atoms with Crippen LogP contribution in [0.25, 0.3) is 0 Å². The molecule has 0 spiro atoms. The van der Waals surface area contributed by atoms with E-state index < -0.39 is 41.7 Å². The first-order valence-corrected chi connectivity index (χ1v) is 12.1. The van der Waals surface area contributed by atoms with Gasteiger partial charge in [-0.3, -0.25) is 0 Å². The average Bonchev–Trinajstić information content (AvgIpc) is 2.83. The average molecular weight is 536 g/mol. The van der Waals surface area contributed by atoms with Gasteiger partial charge >= 0.3 is 12.4 Å². The SMILES string of the molecule is OC1CCNC(C2CCO[C@@H](OCCc3cc(C(F)(F)F)cc(C(F)(F)F)c3)[C@H]2c2ccc(F)cc2)C1. The van der Waals surface area contributed by atoms with Gasteiger partial charge in [0, 0.05) is 12.0 Å². The van der Waals surface area contributed by atoms with Gasteiger partial charge in [-0.25, -0.2) is 4.39 Å². The second-order valence-electron chi connectivity index (χ2n) is 9.54. The molecule has 2 aromatic rings. The van der Waals surface area contributed by atoms with Crippen LogP contribution in [0.15, 0.2) is 42.5 Å². The molecule has 0 amide bonds. The molecule has 2 heterocycles. The van der Waals surface area contributed by atoms with E-state index in [1.54, 1.807) is 12.1 Å². The molecule has 2 fully saturated rings. The highest BCUT2D eigenvalue weighted by Crippen LogP contribution is 2.41. The number of alkyl halides is 6. The van der Waals surface area contributed by atoms with Gasteiger partial charge in [-0.1, -0.05) is 12.1 Å². The third-order valence-electron chi connectivity index (χ3n) is 6.99. The highest BCUT2D eigenvalue weighted by atomic mass is 19.4. The van der Waals surface area contributed by atoms with Crippen molar-refractivity contribution >= 4 is 0 Å². The van der Waals surface area contributed by atoms with Gasteiger partial charge < -0.3 is 19.9 Å².